The molecule has 0 aliphatic heterocycles. The Morgan fingerprint density at radius 2 is 2.12 bits per heavy atom. The van der Waals surface area contributed by atoms with Crippen molar-refractivity contribution >= 4 is 22.4 Å². The number of hydrogen-bond donors (Lipinski definition) is 3. The number of nitrogens with zero attached hydrogens (tertiary/aromatic N) is 7. The summed E-state index contributed by atoms with van der Waals surface area (Å²) in [6.45, 7) is 4.75. The molecule has 0 saturated heterocycles. The van der Waals surface area contributed by atoms with Gasteiger partial charge in [0.25, 0.3) is 0 Å². The van der Waals surface area contributed by atoms with Crippen LogP contribution in [0.1, 0.15) is 30.5 Å². The summed E-state index contributed by atoms with van der Waals surface area (Å²) in [6.07, 6.45) is 11.0. The van der Waals surface area contributed by atoms with Crippen LogP contribution < -0.4 is 10.6 Å². The van der Waals surface area contributed by atoms with Crippen LogP contribution in [0.15, 0.2) is 66.6 Å². The van der Waals surface area contributed by atoms with Crippen LogP contribution >= 0.6 is 0 Å². The first-order valence-corrected chi connectivity index (χ1v) is 10.8. The Bertz CT molecular complexity index is 1370. The number of anilines is 1. The number of hydrogen-bond acceptors (Lipinski definition) is 9. The Morgan fingerprint density at radius 1 is 1.24 bits per heavy atom. The summed E-state index contributed by atoms with van der Waals surface area (Å²) < 4.78 is 1.62. The third kappa shape index (κ3) is 5.05. The number of fused-ring (bicyclic) bond motifs is 1. The van der Waals surface area contributed by atoms with Crippen molar-refractivity contribution in [1.29, 1.82) is 10.8 Å². The number of nitrogens with one attached hydrogen (secondary N) is 3. The van der Waals surface area contributed by atoms with E-state index < -0.39 is 0 Å². The van der Waals surface area contributed by atoms with Crippen LogP contribution in [0.25, 0.3) is 22.5 Å². The van der Waals surface area contributed by atoms with Gasteiger partial charge in [-0.25, -0.2) is 15.5 Å². The summed E-state index contributed by atoms with van der Waals surface area (Å²) in [5, 5.41) is 24.6. The average Bonchev–Trinajstić information content (AvgIpc) is 3.28. The SMILES string of the molecule is CC(C)Nc1cc(-n2ncc3cc(C#N)cnc32)ncc1/C(=C/NCCc1cccnc1)N=N. The molecule has 10 heteroatoms. The van der Waals surface area contributed by atoms with Gasteiger partial charge in [-0.1, -0.05) is 6.07 Å². The van der Waals surface area contributed by atoms with Gasteiger partial charge in [-0.05, 0) is 38.0 Å². The van der Waals surface area contributed by atoms with E-state index in [0.717, 1.165) is 23.1 Å². The first-order chi connectivity index (χ1) is 16.6. The highest BCUT2D eigenvalue weighted by Gasteiger charge is 2.14. The highest BCUT2D eigenvalue weighted by atomic mass is 15.3. The van der Waals surface area contributed by atoms with Gasteiger partial charge in [0.2, 0.25) is 0 Å². The summed E-state index contributed by atoms with van der Waals surface area (Å²) >= 11 is 0. The summed E-state index contributed by atoms with van der Waals surface area (Å²) in [5.74, 6) is 0.563. The van der Waals surface area contributed by atoms with Crippen molar-refractivity contribution in [2.45, 2.75) is 26.3 Å². The molecule has 4 aromatic heterocycles. The second kappa shape index (κ2) is 10.3. The molecule has 0 unspecified atom stereocenters. The fourth-order valence-electron chi connectivity index (χ4n) is 3.45. The molecular formula is C24H24N10. The molecular weight excluding hydrogens is 428 g/mol. The molecule has 4 rings (SSSR count). The molecule has 170 valence electrons. The van der Waals surface area contributed by atoms with Crippen LogP contribution in [-0.4, -0.2) is 37.3 Å². The fraction of sp³-hybridized carbons (Fsp3) is 0.208. The summed E-state index contributed by atoms with van der Waals surface area (Å²) in [5.41, 5.74) is 11.8. The molecule has 3 N–H and O–H groups in total. The third-order valence-electron chi connectivity index (χ3n) is 5.00. The van der Waals surface area contributed by atoms with Gasteiger partial charge in [-0.3, -0.25) is 4.98 Å². The quantitative estimate of drug-likeness (QED) is 0.257. The van der Waals surface area contributed by atoms with Crippen molar-refractivity contribution in [2.75, 3.05) is 11.9 Å². The molecule has 0 amide bonds. The fourth-order valence-corrected chi connectivity index (χ4v) is 3.45. The van der Waals surface area contributed by atoms with Crippen LogP contribution in [0.3, 0.4) is 0 Å². The first kappa shape index (κ1) is 22.5. The molecule has 0 fully saturated rings. The molecule has 4 aromatic rings. The first-order valence-electron chi connectivity index (χ1n) is 10.8. The largest absolute Gasteiger partial charge is 0.389 e. The summed E-state index contributed by atoms with van der Waals surface area (Å²) in [6, 6.07) is 9.76. The predicted octanol–water partition coefficient (Wildman–Crippen LogP) is 4.06. The Kier molecular flexibility index (Phi) is 6.84. The maximum absolute atomic E-state index is 9.11. The van der Waals surface area contributed by atoms with E-state index in [1.807, 2.05) is 38.2 Å². The molecule has 10 nitrogen and oxygen atoms in total. The van der Waals surface area contributed by atoms with Gasteiger partial charge in [-0.2, -0.15) is 20.2 Å². The van der Waals surface area contributed by atoms with Crippen LogP contribution in [-0.2, 0) is 6.42 Å². The Morgan fingerprint density at radius 3 is 2.85 bits per heavy atom. The van der Waals surface area contributed by atoms with Crippen molar-refractivity contribution in [1.82, 2.24) is 30.0 Å². The van der Waals surface area contributed by atoms with Crippen LogP contribution in [0.4, 0.5) is 5.69 Å². The van der Waals surface area contributed by atoms with E-state index in [4.69, 9.17) is 10.8 Å². The van der Waals surface area contributed by atoms with Gasteiger partial charge in [-0.15, -0.1) is 0 Å². The minimum atomic E-state index is 0.144. The number of pyridine rings is 3. The molecule has 4 heterocycles. The van der Waals surface area contributed by atoms with Crippen LogP contribution in [0, 0.1) is 16.9 Å². The highest BCUT2D eigenvalue weighted by molar-refractivity contribution is 5.79. The van der Waals surface area contributed by atoms with Gasteiger partial charge < -0.3 is 10.6 Å². The van der Waals surface area contributed by atoms with E-state index in [9.17, 15) is 0 Å². The zero-order valence-electron chi connectivity index (χ0n) is 18.9. The minimum Gasteiger partial charge on any atom is -0.389 e. The highest BCUT2D eigenvalue weighted by Crippen LogP contribution is 2.27. The van der Waals surface area contributed by atoms with Crippen LogP contribution in [0.2, 0.25) is 0 Å². The standard InChI is InChI=1S/C24H24N10/c1-16(2)32-21-9-23(34-24-19(13-31-34)8-18(10-25)12-30-24)29-14-20(21)22(33-26)15-28-7-5-17-4-3-6-27-11-17/h3-4,6,8-9,11-16,26,28H,5,7H2,1-2H3,(H,29,32)/b22-15-,33-26?. The van der Waals surface area contributed by atoms with E-state index in [1.54, 1.807) is 35.5 Å². The lowest BCUT2D eigenvalue weighted by molar-refractivity contribution is 0.827. The van der Waals surface area contributed by atoms with Crippen molar-refractivity contribution in [2.24, 2.45) is 5.11 Å². The van der Waals surface area contributed by atoms with Crippen molar-refractivity contribution < 1.29 is 0 Å². The maximum atomic E-state index is 9.11. The van der Waals surface area contributed by atoms with Gasteiger partial charge >= 0.3 is 0 Å². The Hall–Kier alpha value is -4.65. The molecule has 0 spiro atoms. The van der Waals surface area contributed by atoms with E-state index in [0.29, 0.717) is 34.8 Å². The molecule has 0 aromatic carbocycles. The average molecular weight is 453 g/mol. The molecule has 34 heavy (non-hydrogen) atoms. The second-order valence-electron chi connectivity index (χ2n) is 7.90. The normalized spacial score (nSPS) is 11.4. The topological polar surface area (TPSA) is 141 Å². The number of aromatic nitrogens is 5. The zero-order chi connectivity index (χ0) is 23.9. The lowest BCUT2D eigenvalue weighted by Gasteiger charge is -2.16. The van der Waals surface area contributed by atoms with Gasteiger partial charge in [0, 0.05) is 66.3 Å². The molecule has 0 aliphatic rings. The molecule has 0 saturated carbocycles. The Labute approximate surface area is 196 Å². The van der Waals surface area contributed by atoms with E-state index in [-0.39, 0.29) is 6.04 Å². The molecule has 0 aliphatic carbocycles. The predicted molar refractivity (Wildman–Crippen MR) is 129 cm³/mol. The van der Waals surface area contributed by atoms with E-state index >= 15 is 0 Å². The molecule has 0 bridgehead atoms. The lowest BCUT2D eigenvalue weighted by atomic mass is 10.1. The third-order valence-corrected chi connectivity index (χ3v) is 5.00. The van der Waals surface area contributed by atoms with Gasteiger partial charge in [0.1, 0.15) is 11.8 Å². The second-order valence-corrected chi connectivity index (χ2v) is 7.90. The van der Waals surface area contributed by atoms with Crippen LogP contribution in [0.5, 0.6) is 0 Å². The number of nitriles is 1. The number of rotatable bonds is 9. The smallest absolute Gasteiger partial charge is 0.164 e. The van der Waals surface area contributed by atoms with Crippen molar-refractivity contribution in [3.63, 3.8) is 0 Å². The minimum absolute atomic E-state index is 0.144. The van der Waals surface area contributed by atoms with E-state index in [2.05, 4.69) is 41.9 Å². The molecule has 0 atom stereocenters. The van der Waals surface area contributed by atoms with Crippen molar-refractivity contribution in [3.8, 4) is 11.9 Å². The van der Waals surface area contributed by atoms with E-state index in [1.165, 1.54) is 6.20 Å². The Balaban J connectivity index is 1.62. The zero-order valence-corrected chi connectivity index (χ0v) is 18.9. The van der Waals surface area contributed by atoms with Crippen molar-refractivity contribution in [3.05, 3.63) is 78.1 Å². The van der Waals surface area contributed by atoms with Gasteiger partial charge in [0.05, 0.1) is 11.8 Å². The summed E-state index contributed by atoms with van der Waals surface area (Å²) in [7, 11) is 0. The maximum Gasteiger partial charge on any atom is 0.164 e. The lowest BCUT2D eigenvalue weighted by Crippen LogP contribution is -2.14. The summed E-state index contributed by atoms with van der Waals surface area (Å²) in [4.78, 5) is 13.1. The monoisotopic (exact) mass is 452 g/mol. The van der Waals surface area contributed by atoms with Gasteiger partial charge in [0.15, 0.2) is 11.5 Å². The molecule has 0 radical (unpaired) electrons.